The molecule has 0 bridgehead atoms. The van der Waals surface area contributed by atoms with E-state index in [9.17, 15) is 4.79 Å². The lowest BCUT2D eigenvalue weighted by molar-refractivity contribution is -0.124. The highest BCUT2D eigenvalue weighted by molar-refractivity contribution is 5.97. The number of ether oxygens (including phenoxy) is 1. The van der Waals surface area contributed by atoms with Crippen LogP contribution in [-0.2, 0) is 4.79 Å². The van der Waals surface area contributed by atoms with E-state index in [1.807, 2.05) is 25.1 Å². The lowest BCUT2D eigenvalue weighted by Crippen LogP contribution is -2.40. The minimum Gasteiger partial charge on any atom is -0.495 e. The Bertz CT molecular complexity index is 465. The quantitative estimate of drug-likeness (QED) is 0.876. The second kappa shape index (κ2) is 5.61. The molecule has 4 heteroatoms. The summed E-state index contributed by atoms with van der Waals surface area (Å²) in [6, 6.07) is 5.76. The van der Waals surface area contributed by atoms with E-state index in [1.165, 1.54) is 0 Å². The van der Waals surface area contributed by atoms with E-state index in [2.05, 4.69) is 5.32 Å². The summed E-state index contributed by atoms with van der Waals surface area (Å²) in [5.74, 6) is 0.716. The van der Waals surface area contributed by atoms with Gasteiger partial charge in [-0.3, -0.25) is 4.79 Å². The molecule has 0 radical (unpaired) electrons. The van der Waals surface area contributed by atoms with Gasteiger partial charge in [-0.2, -0.15) is 0 Å². The zero-order valence-electron chi connectivity index (χ0n) is 11.7. The van der Waals surface area contributed by atoms with Crippen molar-refractivity contribution in [2.45, 2.75) is 32.6 Å². The zero-order chi connectivity index (χ0) is 13.9. The third kappa shape index (κ3) is 2.73. The number of nitrogens with two attached hydrogens (primary N) is 1. The highest BCUT2D eigenvalue weighted by Crippen LogP contribution is 2.39. The van der Waals surface area contributed by atoms with Gasteiger partial charge in [-0.25, -0.2) is 0 Å². The summed E-state index contributed by atoms with van der Waals surface area (Å²) in [5.41, 5.74) is 7.25. The first kappa shape index (κ1) is 13.9. The van der Waals surface area contributed by atoms with Crippen LogP contribution in [0, 0.1) is 12.3 Å². The van der Waals surface area contributed by atoms with Gasteiger partial charge in [-0.15, -0.1) is 0 Å². The number of carbonyl (C=O) groups excluding carboxylic acids is 1. The van der Waals surface area contributed by atoms with Gasteiger partial charge in [-0.1, -0.05) is 18.9 Å². The fourth-order valence-corrected chi connectivity index (χ4v) is 2.73. The molecule has 0 spiro atoms. The summed E-state index contributed by atoms with van der Waals surface area (Å²) < 4.78 is 5.31. The van der Waals surface area contributed by atoms with Gasteiger partial charge in [0.2, 0.25) is 5.91 Å². The van der Waals surface area contributed by atoms with Crippen molar-refractivity contribution in [2.24, 2.45) is 11.1 Å². The SMILES string of the molecule is COc1cc(C)ccc1NC(=O)C1(CN)CCCC1. The summed E-state index contributed by atoms with van der Waals surface area (Å²) in [6.45, 7) is 2.40. The first-order chi connectivity index (χ1) is 9.11. The number of hydrogen-bond donors (Lipinski definition) is 2. The molecule has 19 heavy (non-hydrogen) atoms. The monoisotopic (exact) mass is 262 g/mol. The van der Waals surface area contributed by atoms with Gasteiger partial charge in [0.1, 0.15) is 5.75 Å². The number of methoxy groups -OCH3 is 1. The van der Waals surface area contributed by atoms with Crippen molar-refractivity contribution in [3.05, 3.63) is 23.8 Å². The predicted octanol–water partition coefficient (Wildman–Crippen LogP) is 2.46. The molecular weight excluding hydrogens is 240 g/mol. The van der Waals surface area contributed by atoms with Crippen LogP contribution < -0.4 is 15.8 Å². The Hall–Kier alpha value is -1.55. The molecule has 0 atom stereocenters. The van der Waals surface area contributed by atoms with Crippen molar-refractivity contribution >= 4 is 11.6 Å². The Morgan fingerprint density at radius 2 is 2.11 bits per heavy atom. The average Bonchev–Trinajstić information content (AvgIpc) is 2.90. The largest absolute Gasteiger partial charge is 0.495 e. The van der Waals surface area contributed by atoms with E-state index >= 15 is 0 Å². The van der Waals surface area contributed by atoms with Crippen molar-refractivity contribution in [3.8, 4) is 5.75 Å². The average molecular weight is 262 g/mol. The maximum Gasteiger partial charge on any atom is 0.231 e. The minimum absolute atomic E-state index is 0.0228. The second-order valence-electron chi connectivity index (χ2n) is 5.35. The number of anilines is 1. The lowest BCUT2D eigenvalue weighted by atomic mass is 9.85. The van der Waals surface area contributed by atoms with E-state index in [0.717, 1.165) is 36.9 Å². The lowest BCUT2D eigenvalue weighted by Gasteiger charge is -2.26. The topological polar surface area (TPSA) is 64.3 Å². The predicted molar refractivity (Wildman–Crippen MR) is 76.3 cm³/mol. The van der Waals surface area contributed by atoms with Gasteiger partial charge in [-0.05, 0) is 37.5 Å². The summed E-state index contributed by atoms with van der Waals surface area (Å²) in [7, 11) is 1.61. The Morgan fingerprint density at radius 3 is 2.68 bits per heavy atom. The van der Waals surface area contributed by atoms with Crippen LogP contribution in [-0.4, -0.2) is 19.6 Å². The van der Waals surface area contributed by atoms with Crippen LogP contribution in [0.2, 0.25) is 0 Å². The van der Waals surface area contributed by atoms with Crippen LogP contribution in [0.25, 0.3) is 0 Å². The van der Waals surface area contributed by atoms with Gasteiger partial charge in [0.05, 0.1) is 18.2 Å². The van der Waals surface area contributed by atoms with Crippen LogP contribution in [0.4, 0.5) is 5.69 Å². The summed E-state index contributed by atoms with van der Waals surface area (Å²) >= 11 is 0. The molecule has 104 valence electrons. The van der Waals surface area contributed by atoms with Gasteiger partial charge < -0.3 is 15.8 Å². The normalized spacial score (nSPS) is 17.2. The van der Waals surface area contributed by atoms with Crippen molar-refractivity contribution < 1.29 is 9.53 Å². The number of rotatable bonds is 4. The third-order valence-electron chi connectivity index (χ3n) is 4.04. The number of amides is 1. The molecule has 1 saturated carbocycles. The molecule has 4 nitrogen and oxygen atoms in total. The van der Waals surface area contributed by atoms with Gasteiger partial charge >= 0.3 is 0 Å². The number of hydrogen-bond acceptors (Lipinski definition) is 3. The summed E-state index contributed by atoms with van der Waals surface area (Å²) in [4.78, 5) is 12.5. The maximum atomic E-state index is 12.5. The minimum atomic E-state index is -0.393. The van der Waals surface area contributed by atoms with Gasteiger partial charge in [0.25, 0.3) is 0 Å². The molecule has 1 aliphatic carbocycles. The van der Waals surface area contributed by atoms with E-state index < -0.39 is 5.41 Å². The molecule has 1 amide bonds. The van der Waals surface area contributed by atoms with Crippen LogP contribution in [0.15, 0.2) is 18.2 Å². The molecule has 1 fully saturated rings. The molecule has 0 saturated heterocycles. The number of benzene rings is 1. The Labute approximate surface area is 114 Å². The van der Waals surface area contributed by atoms with E-state index in [1.54, 1.807) is 7.11 Å². The Kier molecular flexibility index (Phi) is 4.10. The second-order valence-corrected chi connectivity index (χ2v) is 5.35. The molecule has 3 N–H and O–H groups in total. The molecular formula is C15H22N2O2. The first-order valence-corrected chi connectivity index (χ1v) is 6.77. The third-order valence-corrected chi connectivity index (χ3v) is 4.04. The van der Waals surface area contributed by atoms with Crippen LogP contribution in [0.5, 0.6) is 5.75 Å². The molecule has 1 aromatic rings. The molecule has 0 heterocycles. The fraction of sp³-hybridized carbons (Fsp3) is 0.533. The zero-order valence-corrected chi connectivity index (χ0v) is 11.7. The van der Waals surface area contributed by atoms with Crippen molar-refractivity contribution in [3.63, 3.8) is 0 Å². The van der Waals surface area contributed by atoms with E-state index in [4.69, 9.17) is 10.5 Å². The first-order valence-electron chi connectivity index (χ1n) is 6.77. The molecule has 0 aromatic heterocycles. The van der Waals surface area contributed by atoms with Crippen LogP contribution in [0.3, 0.4) is 0 Å². The van der Waals surface area contributed by atoms with Gasteiger partial charge in [0.15, 0.2) is 0 Å². The van der Waals surface area contributed by atoms with Crippen molar-refractivity contribution in [2.75, 3.05) is 19.0 Å². The number of aryl methyl sites for hydroxylation is 1. The molecule has 2 rings (SSSR count). The molecule has 1 aromatic carbocycles. The van der Waals surface area contributed by atoms with Crippen LogP contribution in [0.1, 0.15) is 31.2 Å². The highest BCUT2D eigenvalue weighted by atomic mass is 16.5. The van der Waals surface area contributed by atoms with E-state index in [-0.39, 0.29) is 5.91 Å². The number of carbonyl (C=O) groups is 1. The smallest absolute Gasteiger partial charge is 0.231 e. The van der Waals surface area contributed by atoms with Crippen molar-refractivity contribution in [1.82, 2.24) is 0 Å². The highest BCUT2D eigenvalue weighted by Gasteiger charge is 2.40. The maximum absolute atomic E-state index is 12.5. The molecule has 1 aliphatic rings. The standard InChI is InChI=1S/C15H22N2O2/c1-11-5-6-12(13(9-11)19-2)17-14(18)15(10-16)7-3-4-8-15/h5-6,9H,3-4,7-8,10,16H2,1-2H3,(H,17,18). The summed E-state index contributed by atoms with van der Waals surface area (Å²) in [5, 5.41) is 2.98. The summed E-state index contributed by atoms with van der Waals surface area (Å²) in [6.07, 6.45) is 3.92. The molecule has 0 aliphatic heterocycles. The van der Waals surface area contributed by atoms with Crippen molar-refractivity contribution in [1.29, 1.82) is 0 Å². The Morgan fingerprint density at radius 1 is 1.42 bits per heavy atom. The molecule has 0 unspecified atom stereocenters. The van der Waals surface area contributed by atoms with Gasteiger partial charge in [0, 0.05) is 6.54 Å². The number of nitrogens with one attached hydrogen (secondary N) is 1. The van der Waals surface area contributed by atoms with Crippen LogP contribution >= 0.6 is 0 Å². The van der Waals surface area contributed by atoms with E-state index in [0.29, 0.717) is 12.3 Å². The fourth-order valence-electron chi connectivity index (χ4n) is 2.73. The Balaban J connectivity index is 2.19.